The van der Waals surface area contributed by atoms with E-state index in [9.17, 15) is 18.0 Å². The van der Waals surface area contributed by atoms with Crippen molar-refractivity contribution in [2.24, 2.45) is 0 Å². The van der Waals surface area contributed by atoms with Crippen LogP contribution in [0.1, 0.15) is 25.3 Å². The summed E-state index contributed by atoms with van der Waals surface area (Å²) in [5.74, 6) is -0.418. The van der Waals surface area contributed by atoms with Gasteiger partial charge < -0.3 is 10.2 Å². The summed E-state index contributed by atoms with van der Waals surface area (Å²) < 4.78 is 37.8. The van der Waals surface area contributed by atoms with Gasteiger partial charge in [-0.25, -0.2) is 0 Å². The van der Waals surface area contributed by atoms with E-state index in [1.165, 1.54) is 18.2 Å². The molecular formula is C15H17F3N2O. The van der Waals surface area contributed by atoms with Gasteiger partial charge in [-0.05, 0) is 38.0 Å². The van der Waals surface area contributed by atoms with Crippen LogP contribution in [-0.2, 0) is 11.0 Å². The van der Waals surface area contributed by atoms with Crippen LogP contribution < -0.4 is 5.32 Å². The fourth-order valence-corrected chi connectivity index (χ4v) is 2.30. The molecule has 0 aliphatic carbocycles. The lowest BCUT2D eigenvalue weighted by molar-refractivity contribution is -0.137. The number of amides is 1. The van der Waals surface area contributed by atoms with Gasteiger partial charge in [0.05, 0.1) is 5.56 Å². The van der Waals surface area contributed by atoms with E-state index in [0.717, 1.165) is 43.8 Å². The highest BCUT2D eigenvalue weighted by Gasteiger charge is 2.30. The van der Waals surface area contributed by atoms with Crippen molar-refractivity contribution >= 4 is 11.6 Å². The molecule has 0 aromatic heterocycles. The lowest BCUT2D eigenvalue weighted by atomic mass is 10.2. The molecule has 2 rings (SSSR count). The Morgan fingerprint density at radius 2 is 1.95 bits per heavy atom. The van der Waals surface area contributed by atoms with E-state index in [2.05, 4.69) is 10.2 Å². The molecule has 21 heavy (non-hydrogen) atoms. The number of halogens is 3. The molecule has 6 heteroatoms. The minimum atomic E-state index is -4.41. The summed E-state index contributed by atoms with van der Waals surface area (Å²) in [5.41, 5.74) is 0.192. The predicted octanol–water partition coefficient (Wildman–Crippen LogP) is 3.64. The Bertz CT molecular complexity index is 546. The van der Waals surface area contributed by atoms with Gasteiger partial charge in [0, 0.05) is 30.5 Å². The van der Waals surface area contributed by atoms with Gasteiger partial charge in [0.1, 0.15) is 0 Å². The van der Waals surface area contributed by atoms with Gasteiger partial charge in [-0.1, -0.05) is 6.07 Å². The van der Waals surface area contributed by atoms with Crippen molar-refractivity contribution in [1.82, 2.24) is 4.90 Å². The first-order chi connectivity index (χ1) is 9.86. The van der Waals surface area contributed by atoms with Crippen molar-refractivity contribution in [3.8, 4) is 0 Å². The van der Waals surface area contributed by atoms with E-state index in [1.54, 1.807) is 0 Å². The molecule has 0 unspecified atom stereocenters. The molecule has 1 aliphatic heterocycles. The monoisotopic (exact) mass is 298 g/mol. The molecule has 0 atom stereocenters. The summed E-state index contributed by atoms with van der Waals surface area (Å²) in [6, 6.07) is 4.61. The summed E-state index contributed by atoms with van der Waals surface area (Å²) in [5, 5.41) is 2.47. The topological polar surface area (TPSA) is 32.3 Å². The van der Waals surface area contributed by atoms with Gasteiger partial charge in [-0.3, -0.25) is 4.79 Å². The zero-order valence-electron chi connectivity index (χ0n) is 11.7. The third-order valence-corrected chi connectivity index (χ3v) is 3.40. The fraction of sp³-hybridized carbons (Fsp3) is 0.400. The molecule has 1 aromatic carbocycles. The van der Waals surface area contributed by atoms with Crippen LogP contribution in [-0.4, -0.2) is 23.9 Å². The molecule has 1 amide bonds. The number of likely N-dealkylation sites (tertiary alicyclic amines) is 1. The molecule has 114 valence electrons. The van der Waals surface area contributed by atoms with Crippen LogP contribution in [0.2, 0.25) is 0 Å². The number of carbonyl (C=O) groups excluding carboxylic acids is 1. The van der Waals surface area contributed by atoms with Gasteiger partial charge in [0.25, 0.3) is 0 Å². The second-order valence-electron chi connectivity index (χ2n) is 5.05. The predicted molar refractivity (Wildman–Crippen MR) is 74.6 cm³/mol. The molecule has 1 N–H and O–H groups in total. The Morgan fingerprint density at radius 3 is 2.57 bits per heavy atom. The number of hydrogen-bond donors (Lipinski definition) is 1. The Labute approximate surface area is 121 Å². The summed E-state index contributed by atoms with van der Waals surface area (Å²) in [6.07, 6.45) is -0.797. The molecule has 1 fully saturated rings. The third kappa shape index (κ3) is 4.24. The zero-order chi connectivity index (χ0) is 15.5. The smallest absolute Gasteiger partial charge is 0.375 e. The van der Waals surface area contributed by atoms with E-state index >= 15 is 0 Å². The van der Waals surface area contributed by atoms with Crippen LogP contribution in [0.4, 0.5) is 18.9 Å². The number of hydrogen-bond acceptors (Lipinski definition) is 2. The van der Waals surface area contributed by atoms with E-state index in [-0.39, 0.29) is 5.69 Å². The van der Waals surface area contributed by atoms with Crippen molar-refractivity contribution < 1.29 is 18.0 Å². The fourth-order valence-electron chi connectivity index (χ4n) is 2.30. The van der Waals surface area contributed by atoms with E-state index in [0.29, 0.717) is 0 Å². The summed E-state index contributed by atoms with van der Waals surface area (Å²) >= 11 is 0. The minimum absolute atomic E-state index is 0.139. The molecule has 1 heterocycles. The number of carbonyl (C=O) groups is 1. The normalized spacial score (nSPS) is 16.2. The van der Waals surface area contributed by atoms with Crippen molar-refractivity contribution in [3.05, 3.63) is 41.6 Å². The van der Waals surface area contributed by atoms with Crippen LogP contribution >= 0.6 is 0 Å². The van der Waals surface area contributed by atoms with Crippen LogP contribution in [0.3, 0.4) is 0 Å². The minimum Gasteiger partial charge on any atom is -0.375 e. The Balaban J connectivity index is 2.04. The lowest BCUT2D eigenvalue weighted by Gasteiger charge is -2.17. The number of anilines is 1. The SMILES string of the molecule is C/C(=C/C(=O)Nc1cccc(C(F)(F)F)c1)N1CCCC1. The number of allylic oxidation sites excluding steroid dienone is 1. The summed E-state index contributed by atoms with van der Waals surface area (Å²) in [6.45, 7) is 3.66. The van der Waals surface area contributed by atoms with Gasteiger partial charge in [0.2, 0.25) is 5.91 Å². The maximum atomic E-state index is 12.6. The van der Waals surface area contributed by atoms with Crippen molar-refractivity contribution in [2.75, 3.05) is 18.4 Å². The van der Waals surface area contributed by atoms with E-state index in [4.69, 9.17) is 0 Å². The average Bonchev–Trinajstić information content (AvgIpc) is 2.91. The first-order valence-electron chi connectivity index (χ1n) is 6.78. The molecule has 3 nitrogen and oxygen atoms in total. The molecule has 0 spiro atoms. The van der Waals surface area contributed by atoms with Crippen molar-refractivity contribution in [1.29, 1.82) is 0 Å². The largest absolute Gasteiger partial charge is 0.416 e. The Hall–Kier alpha value is -1.98. The number of alkyl halides is 3. The maximum absolute atomic E-state index is 12.6. The molecular weight excluding hydrogens is 281 g/mol. The standard InChI is InChI=1S/C15H17F3N2O/c1-11(20-7-2-3-8-20)9-14(21)19-13-6-4-5-12(10-13)15(16,17)18/h4-6,9-10H,2-3,7-8H2,1H3,(H,19,21)/b11-9-. The molecule has 1 saturated heterocycles. The second-order valence-corrected chi connectivity index (χ2v) is 5.05. The van der Waals surface area contributed by atoms with Crippen molar-refractivity contribution in [2.45, 2.75) is 25.9 Å². The first-order valence-corrected chi connectivity index (χ1v) is 6.78. The average molecular weight is 298 g/mol. The summed E-state index contributed by atoms with van der Waals surface area (Å²) in [7, 11) is 0. The number of nitrogens with one attached hydrogen (secondary N) is 1. The van der Waals surface area contributed by atoms with Gasteiger partial charge in [-0.15, -0.1) is 0 Å². The lowest BCUT2D eigenvalue weighted by Crippen LogP contribution is -2.19. The maximum Gasteiger partial charge on any atom is 0.416 e. The van der Waals surface area contributed by atoms with Crippen LogP contribution in [0.15, 0.2) is 36.0 Å². The first kappa shape index (κ1) is 15.4. The highest BCUT2D eigenvalue weighted by Crippen LogP contribution is 2.30. The van der Waals surface area contributed by atoms with Gasteiger partial charge in [0.15, 0.2) is 0 Å². The molecule has 0 radical (unpaired) electrons. The van der Waals surface area contributed by atoms with Crippen LogP contribution in [0.5, 0.6) is 0 Å². The highest BCUT2D eigenvalue weighted by atomic mass is 19.4. The second kappa shape index (κ2) is 6.20. The zero-order valence-corrected chi connectivity index (χ0v) is 11.7. The van der Waals surface area contributed by atoms with Crippen LogP contribution in [0, 0.1) is 0 Å². The Kier molecular flexibility index (Phi) is 4.55. The molecule has 1 aliphatic rings. The number of benzene rings is 1. The van der Waals surface area contributed by atoms with E-state index in [1.807, 2.05) is 6.92 Å². The molecule has 1 aromatic rings. The molecule has 0 saturated carbocycles. The summed E-state index contributed by atoms with van der Waals surface area (Å²) in [4.78, 5) is 13.9. The molecule has 0 bridgehead atoms. The Morgan fingerprint density at radius 1 is 1.29 bits per heavy atom. The van der Waals surface area contributed by atoms with E-state index < -0.39 is 17.6 Å². The number of nitrogens with zero attached hydrogens (tertiary/aromatic N) is 1. The third-order valence-electron chi connectivity index (χ3n) is 3.40. The van der Waals surface area contributed by atoms with Crippen molar-refractivity contribution in [3.63, 3.8) is 0 Å². The van der Waals surface area contributed by atoms with Gasteiger partial charge >= 0.3 is 6.18 Å². The van der Waals surface area contributed by atoms with Gasteiger partial charge in [-0.2, -0.15) is 13.2 Å². The highest BCUT2D eigenvalue weighted by molar-refractivity contribution is 5.99. The number of rotatable bonds is 3. The quantitative estimate of drug-likeness (QED) is 0.864. The van der Waals surface area contributed by atoms with Crippen LogP contribution in [0.25, 0.3) is 0 Å².